The van der Waals surface area contributed by atoms with Gasteiger partial charge in [0.1, 0.15) is 0 Å². The normalized spacial score (nSPS) is 18.7. The molecule has 5 nitrogen and oxygen atoms in total. The Kier molecular flexibility index (Phi) is 3.55. The third-order valence-corrected chi connectivity index (χ3v) is 3.94. The number of anilines is 1. The molecule has 1 aliphatic rings. The summed E-state index contributed by atoms with van der Waals surface area (Å²) in [5, 5.41) is 9.90. The number of amides is 1. The van der Waals surface area contributed by atoms with Crippen molar-refractivity contribution in [2.24, 2.45) is 5.73 Å². The van der Waals surface area contributed by atoms with Gasteiger partial charge in [-0.05, 0) is 18.6 Å². The van der Waals surface area contributed by atoms with Gasteiger partial charge in [0.05, 0.1) is 16.7 Å². The second-order valence-electron chi connectivity index (χ2n) is 4.33. The molecule has 0 spiro atoms. The smallest absolute Gasteiger partial charge is 0.251 e. The molecule has 1 amide bonds. The minimum Gasteiger partial charge on any atom is -0.390 e. The molecule has 1 heterocycles. The monoisotopic (exact) mass is 278 g/mol. The van der Waals surface area contributed by atoms with E-state index < -0.39 is 12.0 Å². The van der Waals surface area contributed by atoms with Gasteiger partial charge >= 0.3 is 0 Å². The highest BCUT2D eigenvalue weighted by molar-refractivity contribution is 7.17. The summed E-state index contributed by atoms with van der Waals surface area (Å²) in [5.74, 6) is -0.698. The number of Topliss-reactive ketones (excluding diaryl/α,β-unsaturated/α-hetero) is 1. The molecule has 1 aromatic rings. The highest BCUT2D eigenvalue weighted by Crippen LogP contribution is 2.35. The van der Waals surface area contributed by atoms with Crippen LogP contribution < -0.4 is 11.5 Å². The standard InChI is InChI=1S/C13H14N2O3S/c1-6(16)9-4-7(17)2-3-8(9)11-5-10(12(14)18)13(15)19-11/h2-3,5,7,17H,4,15H2,1H3,(H2,14,18). The number of nitrogens with two attached hydrogens (primary N) is 2. The summed E-state index contributed by atoms with van der Waals surface area (Å²) in [6.07, 6.45) is 2.91. The zero-order valence-electron chi connectivity index (χ0n) is 10.3. The summed E-state index contributed by atoms with van der Waals surface area (Å²) in [6.45, 7) is 1.45. The third kappa shape index (κ3) is 2.59. The van der Waals surface area contributed by atoms with Crippen LogP contribution in [0, 0.1) is 0 Å². The van der Waals surface area contributed by atoms with Crippen LogP contribution in [0.2, 0.25) is 0 Å². The number of primary amides is 1. The molecule has 0 radical (unpaired) electrons. The average Bonchev–Trinajstić information content (AvgIpc) is 2.71. The topological polar surface area (TPSA) is 106 Å². The molecule has 19 heavy (non-hydrogen) atoms. The van der Waals surface area contributed by atoms with E-state index in [-0.39, 0.29) is 17.8 Å². The molecule has 2 rings (SSSR count). The van der Waals surface area contributed by atoms with Gasteiger partial charge in [-0.25, -0.2) is 0 Å². The van der Waals surface area contributed by atoms with Crippen molar-refractivity contribution in [2.75, 3.05) is 5.73 Å². The number of aliphatic hydroxyl groups is 1. The lowest BCUT2D eigenvalue weighted by Gasteiger charge is -2.16. The maximum Gasteiger partial charge on any atom is 0.251 e. The maximum absolute atomic E-state index is 11.6. The first-order valence-electron chi connectivity index (χ1n) is 5.70. The quantitative estimate of drug-likeness (QED) is 0.769. The molecular formula is C13H14N2O3S. The first-order valence-corrected chi connectivity index (χ1v) is 6.51. The van der Waals surface area contributed by atoms with E-state index in [0.29, 0.717) is 21.0 Å². The van der Waals surface area contributed by atoms with Crippen LogP contribution in [-0.4, -0.2) is 22.9 Å². The molecule has 0 fully saturated rings. The Balaban J connectivity index is 2.53. The van der Waals surface area contributed by atoms with Gasteiger partial charge in [-0.2, -0.15) is 0 Å². The summed E-state index contributed by atoms with van der Waals surface area (Å²) < 4.78 is 0. The van der Waals surface area contributed by atoms with Gasteiger partial charge in [0.15, 0.2) is 5.78 Å². The molecular weight excluding hydrogens is 264 g/mol. The number of carbonyl (C=O) groups excluding carboxylic acids is 2. The van der Waals surface area contributed by atoms with E-state index in [1.807, 2.05) is 0 Å². The fraction of sp³-hybridized carbons (Fsp3) is 0.231. The maximum atomic E-state index is 11.6. The number of hydrogen-bond acceptors (Lipinski definition) is 5. The van der Waals surface area contributed by atoms with E-state index in [2.05, 4.69) is 0 Å². The molecule has 100 valence electrons. The van der Waals surface area contributed by atoms with Crippen molar-refractivity contribution < 1.29 is 14.7 Å². The third-order valence-electron chi connectivity index (χ3n) is 2.94. The van der Waals surface area contributed by atoms with Crippen molar-refractivity contribution in [1.82, 2.24) is 0 Å². The number of nitrogen functional groups attached to an aromatic ring is 1. The minimum absolute atomic E-state index is 0.106. The van der Waals surface area contributed by atoms with Gasteiger partial charge in [0, 0.05) is 16.9 Å². The highest BCUT2D eigenvalue weighted by Gasteiger charge is 2.21. The van der Waals surface area contributed by atoms with Gasteiger partial charge in [-0.3, -0.25) is 9.59 Å². The fourth-order valence-electron chi connectivity index (χ4n) is 1.99. The van der Waals surface area contributed by atoms with Crippen molar-refractivity contribution in [1.29, 1.82) is 0 Å². The van der Waals surface area contributed by atoms with Crippen LogP contribution in [0.5, 0.6) is 0 Å². The Bertz CT molecular complexity index is 613. The molecule has 1 unspecified atom stereocenters. The van der Waals surface area contributed by atoms with Gasteiger partial charge in [-0.1, -0.05) is 12.2 Å². The first kappa shape index (κ1) is 13.5. The van der Waals surface area contributed by atoms with E-state index in [1.54, 1.807) is 18.2 Å². The summed E-state index contributed by atoms with van der Waals surface area (Å²) in [4.78, 5) is 23.5. The first-order chi connectivity index (χ1) is 8.90. The Labute approximate surface area is 114 Å². The van der Waals surface area contributed by atoms with E-state index in [4.69, 9.17) is 11.5 Å². The number of ketones is 1. The molecule has 5 N–H and O–H groups in total. The zero-order chi connectivity index (χ0) is 14.2. The number of rotatable bonds is 3. The molecule has 1 aromatic heterocycles. The van der Waals surface area contributed by atoms with Gasteiger partial charge in [0.2, 0.25) is 0 Å². The second kappa shape index (κ2) is 4.99. The predicted molar refractivity (Wildman–Crippen MR) is 74.6 cm³/mol. The molecule has 6 heteroatoms. The van der Waals surface area contributed by atoms with E-state index in [0.717, 1.165) is 0 Å². The van der Waals surface area contributed by atoms with Crippen molar-refractivity contribution in [3.8, 4) is 0 Å². The lowest BCUT2D eigenvalue weighted by atomic mass is 9.92. The van der Waals surface area contributed by atoms with Crippen LogP contribution in [0.1, 0.15) is 28.6 Å². The number of hydrogen-bond donors (Lipinski definition) is 3. The van der Waals surface area contributed by atoms with Gasteiger partial charge in [-0.15, -0.1) is 11.3 Å². The Morgan fingerprint density at radius 2 is 2.16 bits per heavy atom. The van der Waals surface area contributed by atoms with Crippen LogP contribution in [-0.2, 0) is 4.79 Å². The van der Waals surface area contributed by atoms with E-state index in [1.165, 1.54) is 18.3 Å². The van der Waals surface area contributed by atoms with E-state index in [9.17, 15) is 14.7 Å². The predicted octanol–water partition coefficient (Wildman–Crippen LogP) is 1.09. The summed E-state index contributed by atoms with van der Waals surface area (Å²) in [5.41, 5.74) is 12.4. The van der Waals surface area contributed by atoms with Crippen LogP contribution in [0.4, 0.5) is 5.00 Å². The van der Waals surface area contributed by atoms with Crippen LogP contribution in [0.15, 0.2) is 23.8 Å². The van der Waals surface area contributed by atoms with Crippen LogP contribution in [0.3, 0.4) is 0 Å². The van der Waals surface area contributed by atoms with Crippen LogP contribution in [0.25, 0.3) is 5.57 Å². The molecule has 0 aliphatic heterocycles. The molecule has 1 atom stereocenters. The van der Waals surface area contributed by atoms with Gasteiger partial charge < -0.3 is 16.6 Å². The number of aliphatic hydroxyl groups excluding tert-OH is 1. The van der Waals surface area contributed by atoms with Crippen molar-refractivity contribution in [2.45, 2.75) is 19.4 Å². The summed E-state index contributed by atoms with van der Waals surface area (Å²) in [7, 11) is 0. The lowest BCUT2D eigenvalue weighted by Crippen LogP contribution is -2.13. The molecule has 0 aromatic carbocycles. The number of allylic oxidation sites excluding steroid dienone is 2. The largest absolute Gasteiger partial charge is 0.390 e. The second-order valence-corrected chi connectivity index (χ2v) is 5.42. The van der Waals surface area contributed by atoms with E-state index >= 15 is 0 Å². The number of thiophene rings is 1. The van der Waals surface area contributed by atoms with Crippen molar-refractivity contribution in [3.05, 3.63) is 34.2 Å². The summed E-state index contributed by atoms with van der Waals surface area (Å²) in [6, 6.07) is 1.59. The molecule has 0 saturated carbocycles. The Morgan fingerprint density at radius 3 is 2.68 bits per heavy atom. The van der Waals surface area contributed by atoms with Gasteiger partial charge in [0.25, 0.3) is 5.91 Å². The van der Waals surface area contributed by atoms with Crippen molar-refractivity contribution >= 4 is 33.6 Å². The van der Waals surface area contributed by atoms with Crippen molar-refractivity contribution in [3.63, 3.8) is 0 Å². The minimum atomic E-state index is -0.657. The van der Waals surface area contributed by atoms with Crippen LogP contribution >= 0.6 is 11.3 Å². The average molecular weight is 278 g/mol. The Morgan fingerprint density at radius 1 is 1.47 bits per heavy atom. The molecule has 0 bridgehead atoms. The SMILES string of the molecule is CC(=O)C1=C(c2cc(C(N)=O)c(N)s2)C=CC(O)C1. The highest BCUT2D eigenvalue weighted by atomic mass is 32.1. The lowest BCUT2D eigenvalue weighted by molar-refractivity contribution is -0.113. The molecule has 1 aliphatic carbocycles. The summed E-state index contributed by atoms with van der Waals surface area (Å²) >= 11 is 1.21. The number of carbonyl (C=O) groups is 2. The molecule has 0 saturated heterocycles. The zero-order valence-corrected chi connectivity index (χ0v) is 11.2. The Hall–Kier alpha value is -1.92. The fourth-order valence-corrected chi connectivity index (χ4v) is 2.97.